The van der Waals surface area contributed by atoms with Gasteiger partial charge in [-0.25, -0.2) is 9.59 Å². The minimum absolute atomic E-state index is 0.0971. The van der Waals surface area contributed by atoms with Gasteiger partial charge in [0, 0.05) is 5.41 Å². The third-order valence-electron chi connectivity index (χ3n) is 5.62. The van der Waals surface area contributed by atoms with Gasteiger partial charge in [-0.05, 0) is 42.2 Å². The van der Waals surface area contributed by atoms with Gasteiger partial charge in [-0.1, -0.05) is 80.6 Å². The highest BCUT2D eigenvalue weighted by Crippen LogP contribution is 2.34. The number of ether oxygens (including phenoxy) is 2. The second-order valence-electron chi connectivity index (χ2n) is 8.06. The molecule has 0 aliphatic heterocycles. The van der Waals surface area contributed by atoms with E-state index in [4.69, 9.17) is 9.47 Å². The molecular formula is C27H28O4. The zero-order valence-electron chi connectivity index (χ0n) is 18.0. The average Bonchev–Trinajstić information content (AvgIpc) is 2.82. The molecule has 0 atom stereocenters. The van der Waals surface area contributed by atoms with Crippen molar-refractivity contribution in [1.29, 1.82) is 0 Å². The maximum Gasteiger partial charge on any atom is 0.338 e. The minimum Gasteiger partial charge on any atom is -0.461 e. The van der Waals surface area contributed by atoms with Crippen molar-refractivity contribution in [2.75, 3.05) is 13.2 Å². The van der Waals surface area contributed by atoms with Gasteiger partial charge < -0.3 is 9.47 Å². The molecule has 0 aliphatic rings. The summed E-state index contributed by atoms with van der Waals surface area (Å²) in [4.78, 5) is 25.2. The normalized spacial score (nSPS) is 11.2. The number of hydrogen-bond acceptors (Lipinski definition) is 4. The van der Waals surface area contributed by atoms with Crippen LogP contribution in [0.3, 0.4) is 0 Å². The van der Waals surface area contributed by atoms with Crippen LogP contribution in [0.2, 0.25) is 0 Å². The molecule has 0 radical (unpaired) electrons. The fraction of sp³-hybridized carbons (Fsp3) is 0.259. The molecule has 0 spiro atoms. The number of hydrogen-bond donors (Lipinski definition) is 0. The molecule has 3 aromatic rings. The smallest absolute Gasteiger partial charge is 0.338 e. The van der Waals surface area contributed by atoms with E-state index in [9.17, 15) is 9.59 Å². The van der Waals surface area contributed by atoms with E-state index in [0.717, 1.165) is 5.56 Å². The summed E-state index contributed by atoms with van der Waals surface area (Å²) in [6, 6.07) is 27.8. The number of esters is 2. The largest absolute Gasteiger partial charge is 0.461 e. The van der Waals surface area contributed by atoms with Crippen LogP contribution in [0, 0.1) is 11.3 Å². The number of carbonyl (C=O) groups is 2. The Morgan fingerprint density at radius 2 is 1.06 bits per heavy atom. The van der Waals surface area contributed by atoms with Gasteiger partial charge in [0.05, 0.1) is 11.1 Å². The van der Waals surface area contributed by atoms with E-state index in [1.54, 1.807) is 48.5 Å². The molecule has 0 aromatic heterocycles. The van der Waals surface area contributed by atoms with E-state index < -0.39 is 5.41 Å². The Morgan fingerprint density at radius 1 is 0.677 bits per heavy atom. The van der Waals surface area contributed by atoms with Gasteiger partial charge in [0.1, 0.15) is 13.2 Å². The Kier molecular flexibility index (Phi) is 7.60. The van der Waals surface area contributed by atoms with Crippen LogP contribution in [-0.2, 0) is 15.9 Å². The van der Waals surface area contributed by atoms with Crippen molar-refractivity contribution in [1.82, 2.24) is 0 Å². The van der Waals surface area contributed by atoms with E-state index in [-0.39, 0.29) is 31.1 Å². The summed E-state index contributed by atoms with van der Waals surface area (Å²) >= 11 is 0. The van der Waals surface area contributed by atoms with Crippen molar-refractivity contribution in [3.05, 3.63) is 108 Å². The summed E-state index contributed by atoms with van der Waals surface area (Å²) in [5, 5.41) is 0. The molecular weight excluding hydrogens is 388 g/mol. The molecule has 0 unspecified atom stereocenters. The van der Waals surface area contributed by atoms with Gasteiger partial charge in [0.15, 0.2) is 0 Å². The van der Waals surface area contributed by atoms with Crippen molar-refractivity contribution in [2.24, 2.45) is 11.3 Å². The molecule has 0 aliphatic carbocycles. The zero-order valence-corrected chi connectivity index (χ0v) is 18.0. The van der Waals surface area contributed by atoms with Crippen LogP contribution in [0.5, 0.6) is 0 Å². The lowest BCUT2D eigenvalue weighted by Gasteiger charge is -2.36. The lowest BCUT2D eigenvalue weighted by atomic mass is 9.74. The predicted octanol–water partition coefficient (Wildman–Crippen LogP) is 5.59. The summed E-state index contributed by atoms with van der Waals surface area (Å²) < 4.78 is 11.5. The first kappa shape index (κ1) is 22.3. The van der Waals surface area contributed by atoms with Gasteiger partial charge in [0.25, 0.3) is 0 Å². The number of rotatable bonds is 9. The molecule has 0 saturated heterocycles. The minimum atomic E-state index is -0.559. The molecule has 0 heterocycles. The van der Waals surface area contributed by atoms with Crippen LogP contribution in [0.1, 0.15) is 40.1 Å². The maximum atomic E-state index is 12.6. The van der Waals surface area contributed by atoms with Gasteiger partial charge in [-0.3, -0.25) is 0 Å². The van der Waals surface area contributed by atoms with Crippen LogP contribution in [0.25, 0.3) is 0 Å². The van der Waals surface area contributed by atoms with Crippen LogP contribution < -0.4 is 0 Å². The summed E-state index contributed by atoms with van der Waals surface area (Å²) in [5.74, 6) is -0.666. The second kappa shape index (κ2) is 10.6. The highest BCUT2D eigenvalue weighted by Gasteiger charge is 2.37. The summed E-state index contributed by atoms with van der Waals surface area (Å²) in [5.41, 5.74) is 1.54. The van der Waals surface area contributed by atoms with Crippen LogP contribution in [0.15, 0.2) is 91.0 Å². The Morgan fingerprint density at radius 3 is 1.45 bits per heavy atom. The fourth-order valence-electron chi connectivity index (χ4n) is 3.42. The maximum absolute atomic E-state index is 12.6. The third kappa shape index (κ3) is 6.05. The van der Waals surface area contributed by atoms with Gasteiger partial charge in [-0.15, -0.1) is 0 Å². The Bertz CT molecular complexity index is 910. The third-order valence-corrected chi connectivity index (χ3v) is 5.62. The first-order valence-electron chi connectivity index (χ1n) is 10.5. The van der Waals surface area contributed by atoms with Crippen LogP contribution >= 0.6 is 0 Å². The molecule has 0 N–H and O–H groups in total. The fourth-order valence-corrected chi connectivity index (χ4v) is 3.42. The monoisotopic (exact) mass is 416 g/mol. The summed E-state index contributed by atoms with van der Waals surface area (Å²) in [6.07, 6.45) is 0.621. The molecule has 0 saturated carbocycles. The van der Waals surface area contributed by atoms with Crippen molar-refractivity contribution in [3.63, 3.8) is 0 Å². The molecule has 3 rings (SSSR count). The van der Waals surface area contributed by atoms with Crippen molar-refractivity contribution >= 4 is 11.9 Å². The van der Waals surface area contributed by atoms with E-state index >= 15 is 0 Å². The van der Waals surface area contributed by atoms with Crippen molar-refractivity contribution in [2.45, 2.75) is 20.3 Å². The van der Waals surface area contributed by atoms with E-state index in [1.165, 1.54) is 0 Å². The molecule has 4 nitrogen and oxygen atoms in total. The first-order chi connectivity index (χ1) is 15.0. The van der Waals surface area contributed by atoms with Gasteiger partial charge >= 0.3 is 11.9 Å². The topological polar surface area (TPSA) is 52.6 Å². The molecule has 3 aromatic carbocycles. The lowest BCUT2D eigenvalue weighted by Crippen LogP contribution is -2.41. The van der Waals surface area contributed by atoms with E-state index in [0.29, 0.717) is 17.5 Å². The van der Waals surface area contributed by atoms with Crippen LogP contribution in [0.4, 0.5) is 0 Å². The van der Waals surface area contributed by atoms with Crippen LogP contribution in [-0.4, -0.2) is 25.2 Å². The van der Waals surface area contributed by atoms with Crippen molar-refractivity contribution < 1.29 is 19.1 Å². The Balaban J connectivity index is 1.80. The Hall–Kier alpha value is -3.40. The highest BCUT2D eigenvalue weighted by atomic mass is 16.5. The quantitative estimate of drug-likeness (QED) is 0.427. The summed E-state index contributed by atoms with van der Waals surface area (Å²) in [6.45, 7) is 4.43. The molecule has 4 heteroatoms. The molecule has 160 valence electrons. The standard InChI is InChI=1S/C27H28O4/c1-21(2)27(18-22-12-6-3-7-13-22,19-30-25(28)23-14-8-4-9-15-23)20-31-26(29)24-16-10-5-11-17-24/h3-17,21H,18-20H2,1-2H3. The van der Waals surface area contributed by atoms with Crippen molar-refractivity contribution in [3.8, 4) is 0 Å². The van der Waals surface area contributed by atoms with E-state index in [1.807, 2.05) is 42.5 Å². The second-order valence-corrected chi connectivity index (χ2v) is 8.06. The van der Waals surface area contributed by atoms with Gasteiger partial charge in [0.2, 0.25) is 0 Å². The molecule has 0 bridgehead atoms. The predicted molar refractivity (Wildman–Crippen MR) is 121 cm³/mol. The summed E-state index contributed by atoms with van der Waals surface area (Å²) in [7, 11) is 0. The zero-order chi connectivity index (χ0) is 22.1. The first-order valence-corrected chi connectivity index (χ1v) is 10.5. The number of benzene rings is 3. The molecule has 0 fully saturated rings. The molecule has 31 heavy (non-hydrogen) atoms. The van der Waals surface area contributed by atoms with Gasteiger partial charge in [-0.2, -0.15) is 0 Å². The van der Waals surface area contributed by atoms with E-state index in [2.05, 4.69) is 13.8 Å². The molecule has 0 amide bonds. The Labute approximate surface area is 183 Å². The average molecular weight is 417 g/mol. The highest BCUT2D eigenvalue weighted by molar-refractivity contribution is 5.89. The SMILES string of the molecule is CC(C)C(COC(=O)c1ccccc1)(COC(=O)c1ccccc1)Cc1ccccc1. The number of carbonyl (C=O) groups excluding carboxylic acids is 2. The lowest BCUT2D eigenvalue weighted by molar-refractivity contribution is -0.0242.